The van der Waals surface area contributed by atoms with Crippen molar-refractivity contribution >= 4 is 45.9 Å². The first-order valence-corrected chi connectivity index (χ1v) is 15.8. The van der Waals surface area contributed by atoms with Crippen LogP contribution in [0.15, 0.2) is 53.3 Å². The maximum atomic E-state index is 12.9. The Morgan fingerprint density at radius 3 is 2.49 bits per heavy atom. The Balaban J connectivity index is 1.29. The van der Waals surface area contributed by atoms with Crippen molar-refractivity contribution in [2.45, 2.75) is 52.8 Å². The number of rotatable bonds is 13. The number of halogens is 2. The first-order chi connectivity index (χ1) is 20.7. The average molecular weight is 633 g/mol. The molecular formula is C32H43Cl2N5O4. The molecule has 1 aliphatic rings. The molecule has 9 nitrogen and oxygen atoms in total. The second-order valence-electron chi connectivity index (χ2n) is 11.0. The van der Waals surface area contributed by atoms with Gasteiger partial charge in [-0.1, -0.05) is 36.2 Å². The van der Waals surface area contributed by atoms with Gasteiger partial charge in [-0.3, -0.25) is 24.5 Å². The molecule has 2 heterocycles. The Bertz CT molecular complexity index is 1420. The van der Waals surface area contributed by atoms with Crippen molar-refractivity contribution in [2.75, 3.05) is 57.4 Å². The molecule has 43 heavy (non-hydrogen) atoms. The summed E-state index contributed by atoms with van der Waals surface area (Å²) in [4.78, 5) is 32.2. The van der Waals surface area contributed by atoms with E-state index in [-0.39, 0.29) is 11.6 Å². The van der Waals surface area contributed by atoms with Crippen LogP contribution in [0.3, 0.4) is 0 Å². The van der Waals surface area contributed by atoms with Crippen molar-refractivity contribution in [3.8, 4) is 5.75 Å². The normalized spacial score (nSPS) is 14.7. The molecule has 1 unspecified atom stereocenters. The van der Waals surface area contributed by atoms with E-state index >= 15 is 0 Å². The summed E-state index contributed by atoms with van der Waals surface area (Å²) in [5.74, 6) is 0.674. The van der Waals surface area contributed by atoms with Crippen LogP contribution in [0.25, 0.3) is 10.9 Å². The third-order valence-corrected chi connectivity index (χ3v) is 8.52. The standard InChI is InChI=1S/C32H43Cl2N5O4/c1-5-35-22-38(23(2)3)32(41)43-24(4)39-29-21-26(13-11-25(29)12-14-30(39)40)42-20-7-6-15-36-16-18-37(19-17-36)28-10-8-9-27(33)31(28)34/h8-14,21,23-24,35H,5-7,15-20,22H2,1-4H3. The van der Waals surface area contributed by atoms with E-state index in [0.717, 1.165) is 63.2 Å². The summed E-state index contributed by atoms with van der Waals surface area (Å²) >= 11 is 12.6. The maximum absolute atomic E-state index is 12.9. The number of fused-ring (bicyclic) bond motifs is 1. The predicted molar refractivity (Wildman–Crippen MR) is 175 cm³/mol. The second kappa shape index (κ2) is 15.7. The van der Waals surface area contributed by atoms with Crippen LogP contribution in [0.1, 0.15) is 46.8 Å². The van der Waals surface area contributed by atoms with E-state index in [4.69, 9.17) is 32.7 Å². The van der Waals surface area contributed by atoms with Crippen molar-refractivity contribution < 1.29 is 14.3 Å². The number of amides is 1. The third-order valence-electron chi connectivity index (χ3n) is 7.71. The third kappa shape index (κ3) is 8.56. The highest BCUT2D eigenvalue weighted by molar-refractivity contribution is 6.43. The number of hydrogen-bond donors (Lipinski definition) is 1. The van der Waals surface area contributed by atoms with Gasteiger partial charge < -0.3 is 14.4 Å². The molecule has 1 atom stereocenters. The number of carbonyl (C=O) groups is 1. The molecule has 2 aromatic carbocycles. The minimum atomic E-state index is -0.794. The monoisotopic (exact) mass is 631 g/mol. The zero-order chi connectivity index (χ0) is 30.9. The Morgan fingerprint density at radius 2 is 1.77 bits per heavy atom. The highest BCUT2D eigenvalue weighted by Crippen LogP contribution is 2.33. The Morgan fingerprint density at radius 1 is 1.02 bits per heavy atom. The molecule has 0 radical (unpaired) electrons. The number of aromatic nitrogens is 1. The largest absolute Gasteiger partial charge is 0.494 e. The van der Waals surface area contributed by atoms with Gasteiger partial charge in [0.25, 0.3) is 5.56 Å². The molecule has 234 valence electrons. The molecule has 0 saturated carbocycles. The molecule has 0 spiro atoms. The van der Waals surface area contributed by atoms with Gasteiger partial charge in [0.2, 0.25) is 0 Å². The fourth-order valence-corrected chi connectivity index (χ4v) is 5.65. The van der Waals surface area contributed by atoms with Gasteiger partial charge in [-0.2, -0.15) is 0 Å². The number of anilines is 1. The first-order valence-electron chi connectivity index (χ1n) is 15.1. The Hall–Kier alpha value is -2.98. The highest BCUT2D eigenvalue weighted by atomic mass is 35.5. The fourth-order valence-electron chi connectivity index (χ4n) is 5.23. The smallest absolute Gasteiger partial charge is 0.412 e. The molecular weight excluding hydrogens is 589 g/mol. The quantitative estimate of drug-likeness (QED) is 0.177. The molecule has 0 bridgehead atoms. The molecule has 0 aliphatic carbocycles. The number of ether oxygens (including phenoxy) is 2. The van der Waals surface area contributed by atoms with Gasteiger partial charge in [-0.05, 0) is 82.4 Å². The summed E-state index contributed by atoms with van der Waals surface area (Å²) in [6, 6.07) is 14.7. The number of benzene rings is 2. The predicted octanol–water partition coefficient (Wildman–Crippen LogP) is 6.22. The van der Waals surface area contributed by atoms with E-state index in [1.807, 2.05) is 57.2 Å². The zero-order valence-corrected chi connectivity index (χ0v) is 27.0. The maximum Gasteiger partial charge on any atom is 0.412 e. The van der Waals surface area contributed by atoms with Crippen LogP contribution < -0.4 is 20.5 Å². The molecule has 4 rings (SSSR count). The van der Waals surface area contributed by atoms with Gasteiger partial charge in [-0.25, -0.2) is 4.79 Å². The van der Waals surface area contributed by atoms with Crippen LogP contribution in [0, 0.1) is 0 Å². The van der Waals surface area contributed by atoms with Crippen LogP contribution in [0.2, 0.25) is 10.0 Å². The van der Waals surface area contributed by atoms with Crippen LogP contribution in [-0.4, -0.2) is 79.0 Å². The Kier molecular flexibility index (Phi) is 12.0. The molecule has 1 fully saturated rings. The molecule has 11 heteroatoms. The SMILES string of the molecule is CCNCN(C(=O)OC(C)n1c(=O)ccc2ccc(OCCCCN3CCN(c4cccc(Cl)c4Cl)CC3)cc21)C(C)C. The van der Waals surface area contributed by atoms with Crippen molar-refractivity contribution in [1.82, 2.24) is 19.7 Å². The first kappa shape index (κ1) is 32.9. The summed E-state index contributed by atoms with van der Waals surface area (Å²) in [6.45, 7) is 14.0. The van der Waals surface area contributed by atoms with Gasteiger partial charge in [-0.15, -0.1) is 0 Å². The fraction of sp³-hybridized carbons (Fsp3) is 0.500. The van der Waals surface area contributed by atoms with E-state index in [1.165, 1.54) is 10.6 Å². The Labute approximate surface area is 264 Å². The summed E-state index contributed by atoms with van der Waals surface area (Å²) in [5.41, 5.74) is 1.41. The molecule has 1 saturated heterocycles. The number of nitrogens with zero attached hydrogens (tertiary/aromatic N) is 4. The number of carbonyl (C=O) groups excluding carboxylic acids is 1. The summed E-state index contributed by atoms with van der Waals surface area (Å²) < 4.78 is 13.3. The van der Waals surface area contributed by atoms with E-state index in [0.29, 0.717) is 34.6 Å². The topological polar surface area (TPSA) is 79.3 Å². The highest BCUT2D eigenvalue weighted by Gasteiger charge is 2.23. The lowest BCUT2D eigenvalue weighted by molar-refractivity contribution is 0.0304. The van der Waals surface area contributed by atoms with Crippen LogP contribution >= 0.6 is 23.2 Å². The number of pyridine rings is 1. The lowest BCUT2D eigenvalue weighted by Crippen LogP contribution is -2.46. The van der Waals surface area contributed by atoms with Crippen molar-refractivity contribution in [2.24, 2.45) is 0 Å². The van der Waals surface area contributed by atoms with Crippen LogP contribution in [0.4, 0.5) is 10.5 Å². The minimum Gasteiger partial charge on any atom is -0.494 e. The number of unbranched alkanes of at least 4 members (excludes halogenated alkanes) is 1. The minimum absolute atomic E-state index is 0.0550. The lowest BCUT2D eigenvalue weighted by Gasteiger charge is -2.36. The van der Waals surface area contributed by atoms with Crippen molar-refractivity contribution in [1.29, 1.82) is 0 Å². The zero-order valence-electron chi connectivity index (χ0n) is 25.5. The van der Waals surface area contributed by atoms with E-state index in [1.54, 1.807) is 17.9 Å². The van der Waals surface area contributed by atoms with Crippen LogP contribution in [0.5, 0.6) is 5.75 Å². The molecule has 1 amide bonds. The summed E-state index contributed by atoms with van der Waals surface area (Å²) in [7, 11) is 0. The summed E-state index contributed by atoms with van der Waals surface area (Å²) in [6.07, 6.45) is 0.652. The molecule has 1 N–H and O–H groups in total. The number of piperazine rings is 1. The molecule has 1 aromatic heterocycles. The van der Waals surface area contributed by atoms with Gasteiger partial charge in [0.15, 0.2) is 6.23 Å². The van der Waals surface area contributed by atoms with Crippen molar-refractivity contribution in [3.05, 3.63) is 68.9 Å². The number of hydrogen-bond acceptors (Lipinski definition) is 7. The number of nitrogens with one attached hydrogen (secondary N) is 1. The molecule has 1 aliphatic heterocycles. The molecule has 3 aromatic rings. The van der Waals surface area contributed by atoms with Gasteiger partial charge in [0.05, 0.1) is 34.5 Å². The summed E-state index contributed by atoms with van der Waals surface area (Å²) in [5, 5.41) is 5.22. The van der Waals surface area contributed by atoms with E-state index < -0.39 is 12.3 Å². The lowest BCUT2D eigenvalue weighted by atomic mass is 10.2. The van der Waals surface area contributed by atoms with Gasteiger partial charge >= 0.3 is 6.09 Å². The van der Waals surface area contributed by atoms with Crippen LogP contribution in [-0.2, 0) is 4.74 Å². The van der Waals surface area contributed by atoms with Gasteiger partial charge in [0.1, 0.15) is 5.75 Å². The average Bonchev–Trinajstić information content (AvgIpc) is 2.98. The second-order valence-corrected chi connectivity index (χ2v) is 11.8. The van der Waals surface area contributed by atoms with Gasteiger partial charge in [0, 0.05) is 44.4 Å². The van der Waals surface area contributed by atoms with Crippen molar-refractivity contribution in [3.63, 3.8) is 0 Å². The van der Waals surface area contributed by atoms with E-state index in [2.05, 4.69) is 15.1 Å². The van der Waals surface area contributed by atoms with E-state index in [9.17, 15) is 9.59 Å².